The van der Waals surface area contributed by atoms with Crippen molar-refractivity contribution in [2.45, 2.75) is 59.3 Å². The Bertz CT molecular complexity index is 1120. The first-order valence-electron chi connectivity index (χ1n) is 11.6. The first-order chi connectivity index (χ1) is 15.9. The maximum Gasteiger partial charge on any atom is 0.323 e. The molecule has 1 aromatic rings. The Hall–Kier alpha value is -3.33. The number of terminal acetylenes is 1. The van der Waals surface area contributed by atoms with Crippen LogP contribution in [0.3, 0.4) is 0 Å². The number of carbonyl (C=O) groups is 3. The molecule has 0 saturated carbocycles. The van der Waals surface area contributed by atoms with Gasteiger partial charge >= 0.3 is 5.97 Å². The molecule has 1 aromatic carbocycles. The number of para-hydroxylation sites is 1. The molecular formula is C28H31NO5. The lowest BCUT2D eigenvalue weighted by Gasteiger charge is -2.48. The second-order valence-electron chi connectivity index (χ2n) is 11.0. The molecule has 0 aromatic heterocycles. The molecule has 1 N–H and O–H groups in total. The maximum atomic E-state index is 13.7. The highest BCUT2D eigenvalue weighted by molar-refractivity contribution is 6.07. The molecule has 34 heavy (non-hydrogen) atoms. The summed E-state index contributed by atoms with van der Waals surface area (Å²) >= 11 is 0. The van der Waals surface area contributed by atoms with Gasteiger partial charge in [-0.15, -0.1) is 6.42 Å². The Labute approximate surface area is 200 Å². The fraction of sp³-hybridized carbons (Fsp3) is 0.464. The largest absolute Gasteiger partial charge is 0.481 e. The van der Waals surface area contributed by atoms with Gasteiger partial charge in [-0.25, -0.2) is 0 Å². The van der Waals surface area contributed by atoms with Crippen molar-refractivity contribution in [3.05, 3.63) is 52.4 Å². The minimum absolute atomic E-state index is 0.0532. The van der Waals surface area contributed by atoms with Crippen molar-refractivity contribution in [1.29, 1.82) is 0 Å². The minimum atomic E-state index is -0.999. The SMILES string of the molecule is C#CCOc1ccccc1C1C2=C(CC(C)(C)CC2=O)N(CC(=O)O)C2=C1C(=O)CC(C)(C)C2. The first kappa shape index (κ1) is 23.8. The van der Waals surface area contributed by atoms with Gasteiger partial charge in [0.05, 0.1) is 0 Å². The summed E-state index contributed by atoms with van der Waals surface area (Å²) in [6.45, 7) is 7.86. The standard InChI is InChI=1S/C28H31NO5/c1-6-11-34-22-10-8-7-9-17(22)24-25-18(12-27(2,3)14-20(25)30)29(16-23(32)33)19-13-28(4,5)15-21(31)26(19)24/h1,7-10,24H,11-16H2,2-5H3,(H,32,33). The smallest absolute Gasteiger partial charge is 0.323 e. The van der Waals surface area contributed by atoms with Gasteiger partial charge in [-0.1, -0.05) is 51.8 Å². The molecule has 6 nitrogen and oxygen atoms in total. The lowest BCUT2D eigenvalue weighted by atomic mass is 9.63. The molecule has 4 rings (SSSR count). The molecule has 0 radical (unpaired) electrons. The fourth-order valence-electron chi connectivity index (χ4n) is 5.65. The molecule has 0 unspecified atom stereocenters. The number of allylic oxidation sites excluding steroid dienone is 4. The van der Waals surface area contributed by atoms with E-state index in [0.717, 1.165) is 0 Å². The highest BCUT2D eigenvalue weighted by Gasteiger charge is 2.49. The summed E-state index contributed by atoms with van der Waals surface area (Å²) in [6, 6.07) is 7.36. The number of rotatable bonds is 5. The molecule has 1 heterocycles. The lowest BCUT2D eigenvalue weighted by Crippen LogP contribution is -2.45. The molecule has 0 bridgehead atoms. The lowest BCUT2D eigenvalue weighted by molar-refractivity contribution is -0.138. The van der Waals surface area contributed by atoms with Crippen LogP contribution in [0.2, 0.25) is 0 Å². The van der Waals surface area contributed by atoms with E-state index in [2.05, 4.69) is 5.92 Å². The van der Waals surface area contributed by atoms with E-state index in [1.54, 1.807) is 11.0 Å². The summed E-state index contributed by atoms with van der Waals surface area (Å²) in [6.07, 6.45) is 7.19. The van der Waals surface area contributed by atoms with Gasteiger partial charge < -0.3 is 14.7 Å². The average molecular weight is 462 g/mol. The quantitative estimate of drug-likeness (QED) is 0.652. The zero-order chi connectivity index (χ0) is 24.8. The number of carboxylic acids is 1. The highest BCUT2D eigenvalue weighted by Crippen LogP contribution is 2.55. The summed E-state index contributed by atoms with van der Waals surface area (Å²) in [4.78, 5) is 41.0. The Morgan fingerprint density at radius 1 is 1.03 bits per heavy atom. The molecule has 0 spiro atoms. The summed E-state index contributed by atoms with van der Waals surface area (Å²) in [5, 5.41) is 9.77. The molecular weight excluding hydrogens is 430 g/mol. The first-order valence-corrected chi connectivity index (χ1v) is 11.6. The predicted octanol–water partition coefficient (Wildman–Crippen LogP) is 4.47. The molecule has 0 amide bonds. The van der Waals surface area contributed by atoms with Gasteiger partial charge in [0, 0.05) is 46.9 Å². The van der Waals surface area contributed by atoms with Gasteiger partial charge in [0.2, 0.25) is 0 Å². The Morgan fingerprint density at radius 3 is 2.06 bits per heavy atom. The van der Waals surface area contributed by atoms with Crippen LogP contribution in [0, 0.1) is 23.2 Å². The Morgan fingerprint density at radius 2 is 1.56 bits per heavy atom. The second kappa shape index (κ2) is 8.47. The Balaban J connectivity index is 2.02. The van der Waals surface area contributed by atoms with Crippen LogP contribution in [0.25, 0.3) is 0 Å². The van der Waals surface area contributed by atoms with Crippen molar-refractivity contribution in [3.8, 4) is 18.1 Å². The topological polar surface area (TPSA) is 83.9 Å². The molecule has 178 valence electrons. The zero-order valence-corrected chi connectivity index (χ0v) is 20.2. The van der Waals surface area contributed by atoms with Crippen LogP contribution in [0.15, 0.2) is 46.8 Å². The van der Waals surface area contributed by atoms with Gasteiger partial charge in [0.25, 0.3) is 0 Å². The van der Waals surface area contributed by atoms with E-state index in [0.29, 0.717) is 59.5 Å². The van der Waals surface area contributed by atoms with E-state index in [4.69, 9.17) is 11.2 Å². The van der Waals surface area contributed by atoms with E-state index in [-0.39, 0.29) is 35.5 Å². The second-order valence-corrected chi connectivity index (χ2v) is 11.0. The van der Waals surface area contributed by atoms with Crippen molar-refractivity contribution < 1.29 is 24.2 Å². The number of carboxylic acid groups (broad SMARTS) is 1. The Kier molecular flexibility index (Phi) is 5.93. The highest BCUT2D eigenvalue weighted by atomic mass is 16.5. The number of hydrogen-bond acceptors (Lipinski definition) is 5. The van der Waals surface area contributed by atoms with Gasteiger partial charge in [-0.2, -0.15) is 0 Å². The van der Waals surface area contributed by atoms with Crippen molar-refractivity contribution in [3.63, 3.8) is 0 Å². The van der Waals surface area contributed by atoms with Gasteiger partial charge in [0.15, 0.2) is 11.6 Å². The number of aliphatic carboxylic acids is 1. The number of benzene rings is 1. The van der Waals surface area contributed by atoms with Crippen LogP contribution >= 0.6 is 0 Å². The fourth-order valence-corrected chi connectivity index (χ4v) is 5.65. The van der Waals surface area contributed by atoms with Crippen LogP contribution in [0.5, 0.6) is 5.75 Å². The number of Topliss-reactive ketones (excluding diaryl/α,β-unsaturated/α-hetero) is 2. The van der Waals surface area contributed by atoms with Crippen LogP contribution in [0.4, 0.5) is 0 Å². The van der Waals surface area contributed by atoms with E-state index in [1.165, 1.54) is 0 Å². The van der Waals surface area contributed by atoms with E-state index in [1.807, 2.05) is 45.9 Å². The van der Waals surface area contributed by atoms with Crippen molar-refractivity contribution >= 4 is 17.5 Å². The van der Waals surface area contributed by atoms with Crippen molar-refractivity contribution in [1.82, 2.24) is 4.90 Å². The molecule has 2 aliphatic carbocycles. The minimum Gasteiger partial charge on any atom is -0.481 e. The monoisotopic (exact) mass is 461 g/mol. The summed E-state index contributed by atoms with van der Waals surface area (Å²) in [7, 11) is 0. The third-order valence-corrected chi connectivity index (χ3v) is 6.86. The number of ketones is 2. The van der Waals surface area contributed by atoms with Crippen LogP contribution in [0.1, 0.15) is 64.9 Å². The normalized spacial score (nSPS) is 21.7. The molecule has 1 aliphatic heterocycles. The van der Waals surface area contributed by atoms with Crippen LogP contribution in [-0.2, 0) is 14.4 Å². The van der Waals surface area contributed by atoms with Crippen LogP contribution in [-0.4, -0.2) is 40.7 Å². The molecule has 0 fully saturated rings. The zero-order valence-electron chi connectivity index (χ0n) is 20.2. The molecule has 0 atom stereocenters. The maximum absolute atomic E-state index is 13.7. The van der Waals surface area contributed by atoms with Gasteiger partial charge in [-0.05, 0) is 29.7 Å². The number of ether oxygens (including phenoxy) is 1. The van der Waals surface area contributed by atoms with Crippen molar-refractivity contribution in [2.24, 2.45) is 10.8 Å². The molecule has 0 saturated heterocycles. The number of carbonyl (C=O) groups excluding carboxylic acids is 2. The van der Waals surface area contributed by atoms with E-state index in [9.17, 15) is 19.5 Å². The van der Waals surface area contributed by atoms with Crippen molar-refractivity contribution in [2.75, 3.05) is 13.2 Å². The third kappa shape index (κ3) is 4.27. The van der Waals surface area contributed by atoms with E-state index < -0.39 is 11.9 Å². The predicted molar refractivity (Wildman–Crippen MR) is 128 cm³/mol. The summed E-state index contributed by atoms with van der Waals surface area (Å²) in [5.41, 5.74) is 2.54. The van der Waals surface area contributed by atoms with Crippen LogP contribution < -0.4 is 4.74 Å². The third-order valence-electron chi connectivity index (χ3n) is 6.86. The van der Waals surface area contributed by atoms with Gasteiger partial charge in [0.1, 0.15) is 18.9 Å². The van der Waals surface area contributed by atoms with E-state index >= 15 is 0 Å². The molecule has 3 aliphatic rings. The number of nitrogens with zero attached hydrogens (tertiary/aromatic N) is 1. The number of hydrogen-bond donors (Lipinski definition) is 1. The summed E-state index contributed by atoms with van der Waals surface area (Å²) < 4.78 is 5.83. The van der Waals surface area contributed by atoms with Gasteiger partial charge in [-0.3, -0.25) is 14.4 Å². The molecule has 6 heteroatoms. The average Bonchev–Trinajstić information content (AvgIpc) is 2.71. The summed E-state index contributed by atoms with van der Waals surface area (Å²) in [5.74, 6) is 1.30.